The van der Waals surface area contributed by atoms with Gasteiger partial charge in [-0.2, -0.15) is 0 Å². The number of rotatable bonds is 4. The minimum atomic E-state index is -0.362. The first-order chi connectivity index (χ1) is 17.6. The van der Waals surface area contributed by atoms with E-state index < -0.39 is 0 Å². The van der Waals surface area contributed by atoms with Gasteiger partial charge < -0.3 is 29.6 Å². The minimum absolute atomic E-state index is 0.00895. The number of ketones is 1. The highest BCUT2D eigenvalue weighted by Crippen LogP contribution is 2.48. The molecule has 2 atom stereocenters. The highest BCUT2D eigenvalue weighted by molar-refractivity contribution is 9.10. The second kappa shape index (κ2) is 9.09. The van der Waals surface area contributed by atoms with Crippen LogP contribution in [0.1, 0.15) is 35.9 Å². The van der Waals surface area contributed by atoms with Gasteiger partial charge in [0.1, 0.15) is 0 Å². The molecule has 0 amide bonds. The van der Waals surface area contributed by atoms with Crippen molar-refractivity contribution in [3.63, 3.8) is 0 Å². The van der Waals surface area contributed by atoms with Crippen molar-refractivity contribution in [2.24, 2.45) is 0 Å². The van der Waals surface area contributed by atoms with E-state index in [1.54, 1.807) is 14.2 Å². The number of allylic oxidation sites excluding steroid dienone is 1. The molecule has 2 N–H and O–H groups in total. The molecule has 0 saturated heterocycles. The van der Waals surface area contributed by atoms with Gasteiger partial charge in [0.15, 0.2) is 28.8 Å². The molecule has 3 aliphatic rings. The number of Topliss-reactive ketones (excluding diaryl/α,β-unsaturated/α-hetero) is 1. The Bertz CT molecular complexity index is 1400. The van der Waals surface area contributed by atoms with Crippen molar-refractivity contribution in [3.8, 4) is 23.0 Å². The van der Waals surface area contributed by atoms with Crippen LogP contribution >= 0.6 is 15.9 Å². The number of methoxy groups -OCH3 is 2. The summed E-state index contributed by atoms with van der Waals surface area (Å²) in [6, 6.07) is 17.4. The van der Waals surface area contributed by atoms with Crippen LogP contribution in [-0.4, -0.2) is 26.8 Å². The average Bonchev–Trinajstić information content (AvgIpc) is 3.27. The number of para-hydroxylation sites is 2. The van der Waals surface area contributed by atoms with E-state index in [0.29, 0.717) is 35.8 Å². The van der Waals surface area contributed by atoms with Crippen LogP contribution in [0.15, 0.2) is 70.3 Å². The Morgan fingerprint density at radius 2 is 1.67 bits per heavy atom. The molecule has 0 aromatic heterocycles. The first kappa shape index (κ1) is 22.8. The highest BCUT2D eigenvalue weighted by Gasteiger charge is 2.37. The maximum Gasteiger partial charge on any atom is 0.231 e. The molecule has 0 radical (unpaired) electrons. The van der Waals surface area contributed by atoms with Gasteiger partial charge in [0, 0.05) is 22.2 Å². The molecule has 184 valence electrons. The number of carbonyl (C=O) groups excluding carboxylic acids is 1. The lowest BCUT2D eigenvalue weighted by Gasteiger charge is -2.30. The Labute approximate surface area is 217 Å². The van der Waals surface area contributed by atoms with Gasteiger partial charge in [0.05, 0.1) is 31.6 Å². The third kappa shape index (κ3) is 3.86. The fourth-order valence-electron chi connectivity index (χ4n) is 5.22. The Morgan fingerprint density at radius 3 is 2.44 bits per heavy atom. The van der Waals surface area contributed by atoms with E-state index in [2.05, 4.69) is 26.6 Å². The van der Waals surface area contributed by atoms with Gasteiger partial charge in [0.2, 0.25) is 6.79 Å². The molecule has 2 unspecified atom stereocenters. The van der Waals surface area contributed by atoms with Crippen LogP contribution in [0.5, 0.6) is 23.0 Å². The molecule has 1 aliphatic carbocycles. The summed E-state index contributed by atoms with van der Waals surface area (Å²) >= 11 is 3.71. The van der Waals surface area contributed by atoms with Gasteiger partial charge in [-0.05, 0) is 59.9 Å². The summed E-state index contributed by atoms with van der Waals surface area (Å²) in [4.78, 5) is 13.9. The normalized spacial score (nSPS) is 20.0. The summed E-state index contributed by atoms with van der Waals surface area (Å²) in [6.45, 7) is 0.188. The molecule has 2 heterocycles. The van der Waals surface area contributed by atoms with E-state index in [4.69, 9.17) is 18.9 Å². The number of halogens is 1. The van der Waals surface area contributed by atoms with Gasteiger partial charge in [-0.3, -0.25) is 4.79 Å². The third-order valence-electron chi connectivity index (χ3n) is 6.99. The lowest BCUT2D eigenvalue weighted by atomic mass is 9.78. The smallest absolute Gasteiger partial charge is 0.231 e. The van der Waals surface area contributed by atoms with Gasteiger partial charge >= 0.3 is 0 Å². The molecule has 6 rings (SSSR count). The van der Waals surface area contributed by atoms with Crippen LogP contribution in [0.3, 0.4) is 0 Å². The summed E-state index contributed by atoms with van der Waals surface area (Å²) in [7, 11) is 3.24. The van der Waals surface area contributed by atoms with E-state index in [1.807, 2.05) is 54.6 Å². The molecule has 0 saturated carbocycles. The van der Waals surface area contributed by atoms with Crippen LogP contribution in [0.2, 0.25) is 0 Å². The Kier molecular flexibility index (Phi) is 5.76. The summed E-state index contributed by atoms with van der Waals surface area (Å²) in [5, 5.41) is 7.20. The Balaban J connectivity index is 1.45. The molecular weight excluding hydrogens is 524 g/mol. The Hall–Kier alpha value is -3.65. The third-order valence-corrected chi connectivity index (χ3v) is 7.68. The molecule has 0 fully saturated rings. The molecule has 3 aromatic rings. The summed E-state index contributed by atoms with van der Waals surface area (Å²) < 4.78 is 23.0. The zero-order valence-corrected chi connectivity index (χ0v) is 21.5. The minimum Gasteiger partial charge on any atom is -0.493 e. The number of nitrogens with one attached hydrogen (secondary N) is 2. The van der Waals surface area contributed by atoms with Crippen LogP contribution in [0.25, 0.3) is 0 Å². The van der Waals surface area contributed by atoms with Crippen molar-refractivity contribution < 1.29 is 23.7 Å². The van der Waals surface area contributed by atoms with E-state index >= 15 is 0 Å². The number of fused-ring (bicyclic) bond motifs is 2. The molecule has 2 aliphatic heterocycles. The maximum atomic E-state index is 13.9. The quantitative estimate of drug-likeness (QED) is 0.403. The van der Waals surface area contributed by atoms with Crippen LogP contribution in [0.4, 0.5) is 11.4 Å². The van der Waals surface area contributed by atoms with E-state index in [9.17, 15) is 4.79 Å². The Morgan fingerprint density at radius 1 is 0.917 bits per heavy atom. The second-order valence-electron chi connectivity index (χ2n) is 9.01. The molecular formula is C28H25BrN2O5. The van der Waals surface area contributed by atoms with Crippen molar-refractivity contribution in [1.82, 2.24) is 0 Å². The summed E-state index contributed by atoms with van der Waals surface area (Å²) in [5.41, 5.74) is 5.48. The highest BCUT2D eigenvalue weighted by atomic mass is 79.9. The number of ether oxygens (including phenoxy) is 4. The molecule has 7 nitrogen and oxygen atoms in total. The van der Waals surface area contributed by atoms with Gasteiger partial charge in [0.25, 0.3) is 0 Å². The molecule has 0 spiro atoms. The fourth-order valence-corrected chi connectivity index (χ4v) is 5.77. The fraction of sp³-hybridized carbons (Fsp3) is 0.250. The van der Waals surface area contributed by atoms with E-state index in [-0.39, 0.29) is 24.5 Å². The largest absolute Gasteiger partial charge is 0.493 e. The zero-order chi connectivity index (χ0) is 24.8. The molecule has 3 aromatic carbocycles. The molecule has 36 heavy (non-hydrogen) atoms. The number of anilines is 2. The topological polar surface area (TPSA) is 78.1 Å². The van der Waals surface area contributed by atoms with Crippen molar-refractivity contribution in [2.45, 2.75) is 24.8 Å². The van der Waals surface area contributed by atoms with E-state index in [1.165, 1.54) is 0 Å². The number of hydrogen-bond acceptors (Lipinski definition) is 7. The number of benzene rings is 3. The zero-order valence-electron chi connectivity index (χ0n) is 19.9. The summed E-state index contributed by atoms with van der Waals surface area (Å²) in [5.74, 6) is 2.80. The standard InChI is InChI=1S/C28H25BrN2O5/c1-33-23-8-7-15(11-24(23)34-2)16-9-21-27(22(32)10-16)28(31-20-6-4-3-5-19(20)30-21)17-12-25-26(13-18(17)29)36-14-35-25/h3-8,11-13,16,28,30-31H,9-10,14H2,1-2H3. The first-order valence-electron chi connectivity index (χ1n) is 11.8. The predicted octanol–water partition coefficient (Wildman–Crippen LogP) is 6.17. The van der Waals surface area contributed by atoms with Crippen LogP contribution in [0, 0.1) is 0 Å². The van der Waals surface area contributed by atoms with Crippen LogP contribution in [-0.2, 0) is 4.79 Å². The van der Waals surface area contributed by atoms with Crippen molar-refractivity contribution in [1.29, 1.82) is 0 Å². The monoisotopic (exact) mass is 548 g/mol. The molecule has 8 heteroatoms. The first-order valence-corrected chi connectivity index (χ1v) is 12.5. The average molecular weight is 549 g/mol. The number of hydrogen-bond donors (Lipinski definition) is 2. The lowest BCUT2D eigenvalue weighted by Crippen LogP contribution is -2.27. The van der Waals surface area contributed by atoms with Gasteiger partial charge in [-0.25, -0.2) is 0 Å². The van der Waals surface area contributed by atoms with Crippen molar-refractivity contribution in [2.75, 3.05) is 31.6 Å². The van der Waals surface area contributed by atoms with Crippen molar-refractivity contribution in [3.05, 3.63) is 81.5 Å². The van der Waals surface area contributed by atoms with Crippen molar-refractivity contribution >= 4 is 33.1 Å². The maximum absolute atomic E-state index is 13.9. The predicted molar refractivity (Wildman–Crippen MR) is 140 cm³/mol. The lowest BCUT2D eigenvalue weighted by molar-refractivity contribution is -0.116. The van der Waals surface area contributed by atoms with Gasteiger partial charge in [-0.1, -0.05) is 34.1 Å². The van der Waals surface area contributed by atoms with Crippen LogP contribution < -0.4 is 29.6 Å². The van der Waals surface area contributed by atoms with Gasteiger partial charge in [-0.15, -0.1) is 0 Å². The second-order valence-corrected chi connectivity index (χ2v) is 9.86. The van der Waals surface area contributed by atoms with E-state index in [0.717, 1.165) is 38.2 Å². The SMILES string of the molecule is COc1ccc(C2CC(=O)C3=C(C2)Nc2ccccc2NC3c2cc3c(cc2Br)OCO3)cc1OC. The molecule has 0 bridgehead atoms. The number of carbonyl (C=O) groups is 1. The summed E-state index contributed by atoms with van der Waals surface area (Å²) in [6.07, 6.45) is 1.08.